The van der Waals surface area contributed by atoms with Crippen molar-refractivity contribution in [3.63, 3.8) is 0 Å². The van der Waals surface area contributed by atoms with Gasteiger partial charge in [-0.1, -0.05) is 48.5 Å². The minimum absolute atomic E-state index is 0.102. The van der Waals surface area contributed by atoms with Gasteiger partial charge in [0, 0.05) is 31.7 Å². The number of hydrogen-bond donors (Lipinski definition) is 3. The molecular formula is C19H23N7O. The van der Waals surface area contributed by atoms with Crippen molar-refractivity contribution in [1.82, 2.24) is 30.8 Å². The van der Waals surface area contributed by atoms with Crippen LogP contribution in [0.1, 0.15) is 12.5 Å². The number of aromatic amines is 1. The molecule has 0 aliphatic rings. The van der Waals surface area contributed by atoms with E-state index in [-0.39, 0.29) is 6.03 Å². The fraction of sp³-hybridized carbons (Fsp3) is 0.263. The summed E-state index contributed by atoms with van der Waals surface area (Å²) in [6.07, 6.45) is 0. The van der Waals surface area contributed by atoms with Gasteiger partial charge in [0.05, 0.1) is 0 Å². The number of nitrogens with zero attached hydrogens (tertiary/aromatic N) is 4. The molecule has 0 aliphatic carbocycles. The monoisotopic (exact) mass is 365 g/mol. The SMILES string of the molecule is CCNC(=O)N(CCN)Cc1ccc(-c2ccccc2-c2nnn[nH]2)cc1. The Morgan fingerprint density at radius 2 is 1.89 bits per heavy atom. The minimum atomic E-state index is -0.102. The van der Waals surface area contributed by atoms with Crippen molar-refractivity contribution < 1.29 is 4.79 Å². The normalized spacial score (nSPS) is 10.6. The number of nitrogens with one attached hydrogen (secondary N) is 2. The molecule has 27 heavy (non-hydrogen) atoms. The van der Waals surface area contributed by atoms with E-state index in [2.05, 4.69) is 25.9 Å². The average Bonchev–Trinajstić information content (AvgIpc) is 3.23. The molecule has 8 nitrogen and oxygen atoms in total. The Kier molecular flexibility index (Phi) is 6.11. The predicted octanol–water partition coefficient (Wildman–Crippen LogP) is 2.02. The molecule has 0 atom stereocenters. The van der Waals surface area contributed by atoms with Gasteiger partial charge in [0.2, 0.25) is 0 Å². The van der Waals surface area contributed by atoms with Gasteiger partial charge in [-0.2, -0.15) is 0 Å². The molecule has 0 fully saturated rings. The van der Waals surface area contributed by atoms with Crippen molar-refractivity contribution in [2.24, 2.45) is 5.73 Å². The molecule has 4 N–H and O–H groups in total. The smallest absolute Gasteiger partial charge is 0.317 e. The first kappa shape index (κ1) is 18.5. The molecule has 2 amide bonds. The molecule has 0 saturated heterocycles. The maximum atomic E-state index is 12.1. The summed E-state index contributed by atoms with van der Waals surface area (Å²) in [5.74, 6) is 0.625. The van der Waals surface area contributed by atoms with Crippen LogP contribution in [0.25, 0.3) is 22.5 Å². The summed E-state index contributed by atoms with van der Waals surface area (Å²) in [5.41, 5.74) is 9.69. The minimum Gasteiger partial charge on any atom is -0.338 e. The predicted molar refractivity (Wildman–Crippen MR) is 104 cm³/mol. The van der Waals surface area contributed by atoms with Crippen molar-refractivity contribution >= 4 is 6.03 Å². The number of carbonyl (C=O) groups is 1. The lowest BCUT2D eigenvalue weighted by Crippen LogP contribution is -2.41. The van der Waals surface area contributed by atoms with Crippen LogP contribution in [-0.2, 0) is 6.54 Å². The molecule has 3 rings (SSSR count). The van der Waals surface area contributed by atoms with Crippen LogP contribution >= 0.6 is 0 Å². The Morgan fingerprint density at radius 1 is 1.15 bits per heavy atom. The molecule has 0 spiro atoms. The zero-order chi connectivity index (χ0) is 19.1. The van der Waals surface area contributed by atoms with Gasteiger partial charge in [-0.3, -0.25) is 0 Å². The van der Waals surface area contributed by atoms with E-state index in [0.717, 1.165) is 22.3 Å². The number of tetrazole rings is 1. The van der Waals surface area contributed by atoms with Gasteiger partial charge in [-0.05, 0) is 34.0 Å². The molecule has 0 bridgehead atoms. The number of H-pyrrole nitrogens is 1. The van der Waals surface area contributed by atoms with Gasteiger partial charge in [0.25, 0.3) is 0 Å². The van der Waals surface area contributed by atoms with Gasteiger partial charge in [-0.15, -0.1) is 5.10 Å². The quantitative estimate of drug-likeness (QED) is 0.593. The Morgan fingerprint density at radius 3 is 2.52 bits per heavy atom. The first-order chi connectivity index (χ1) is 13.2. The Labute approximate surface area is 157 Å². The second kappa shape index (κ2) is 8.91. The zero-order valence-corrected chi connectivity index (χ0v) is 15.2. The summed E-state index contributed by atoms with van der Waals surface area (Å²) in [5, 5.41) is 16.9. The zero-order valence-electron chi connectivity index (χ0n) is 15.2. The number of urea groups is 1. The summed E-state index contributed by atoms with van der Waals surface area (Å²) >= 11 is 0. The Hall–Kier alpha value is -3.26. The van der Waals surface area contributed by atoms with Gasteiger partial charge in [0.1, 0.15) is 0 Å². The van der Waals surface area contributed by atoms with Crippen LogP contribution in [-0.4, -0.2) is 51.2 Å². The number of carbonyl (C=O) groups excluding carboxylic acids is 1. The van der Waals surface area contributed by atoms with E-state index in [1.54, 1.807) is 4.90 Å². The standard InChI is InChI=1S/C19H23N7O/c1-2-21-19(27)26(12-11-20)13-14-7-9-15(10-8-14)16-5-3-4-6-17(16)18-22-24-25-23-18/h3-10H,2,11-13,20H2,1H3,(H,21,27)(H,22,23,24,25). The highest BCUT2D eigenvalue weighted by atomic mass is 16.2. The van der Waals surface area contributed by atoms with Crippen molar-refractivity contribution in [2.75, 3.05) is 19.6 Å². The lowest BCUT2D eigenvalue weighted by Gasteiger charge is -2.22. The van der Waals surface area contributed by atoms with E-state index in [1.165, 1.54) is 0 Å². The lowest BCUT2D eigenvalue weighted by molar-refractivity contribution is 0.197. The maximum Gasteiger partial charge on any atom is 0.317 e. The van der Waals surface area contributed by atoms with Gasteiger partial charge in [-0.25, -0.2) is 9.89 Å². The third-order valence-corrected chi connectivity index (χ3v) is 4.18. The van der Waals surface area contributed by atoms with Crippen LogP contribution in [0, 0.1) is 0 Å². The molecule has 0 saturated carbocycles. The number of amides is 2. The molecule has 0 aliphatic heterocycles. The van der Waals surface area contributed by atoms with E-state index in [1.807, 2.05) is 55.5 Å². The number of benzene rings is 2. The summed E-state index contributed by atoms with van der Waals surface area (Å²) < 4.78 is 0. The number of aromatic nitrogens is 4. The van der Waals surface area contributed by atoms with Crippen LogP contribution in [0.5, 0.6) is 0 Å². The van der Waals surface area contributed by atoms with Crippen LogP contribution in [0.3, 0.4) is 0 Å². The topological polar surface area (TPSA) is 113 Å². The van der Waals surface area contributed by atoms with Gasteiger partial charge < -0.3 is 16.0 Å². The van der Waals surface area contributed by atoms with Crippen LogP contribution in [0.15, 0.2) is 48.5 Å². The molecule has 1 heterocycles. The highest BCUT2D eigenvalue weighted by Crippen LogP contribution is 2.29. The van der Waals surface area contributed by atoms with Crippen molar-refractivity contribution in [2.45, 2.75) is 13.5 Å². The number of hydrogen-bond acceptors (Lipinski definition) is 5. The fourth-order valence-electron chi connectivity index (χ4n) is 2.90. The number of nitrogens with two attached hydrogens (primary N) is 1. The molecule has 8 heteroatoms. The summed E-state index contributed by atoms with van der Waals surface area (Å²) in [7, 11) is 0. The van der Waals surface area contributed by atoms with Crippen LogP contribution in [0.4, 0.5) is 4.79 Å². The Bertz CT molecular complexity index is 862. The van der Waals surface area contributed by atoms with Crippen LogP contribution < -0.4 is 11.1 Å². The molecule has 140 valence electrons. The highest BCUT2D eigenvalue weighted by Gasteiger charge is 2.13. The first-order valence-electron chi connectivity index (χ1n) is 8.88. The molecule has 0 radical (unpaired) electrons. The third kappa shape index (κ3) is 4.48. The van der Waals surface area contributed by atoms with E-state index in [4.69, 9.17) is 5.73 Å². The molecule has 2 aromatic carbocycles. The molecule has 3 aromatic rings. The average molecular weight is 365 g/mol. The third-order valence-electron chi connectivity index (χ3n) is 4.18. The maximum absolute atomic E-state index is 12.1. The van der Waals surface area contributed by atoms with Crippen molar-refractivity contribution in [3.05, 3.63) is 54.1 Å². The van der Waals surface area contributed by atoms with E-state index < -0.39 is 0 Å². The summed E-state index contributed by atoms with van der Waals surface area (Å²) in [6.45, 7) is 3.93. The largest absolute Gasteiger partial charge is 0.338 e. The lowest BCUT2D eigenvalue weighted by atomic mass is 9.98. The molecular weight excluding hydrogens is 342 g/mol. The first-order valence-corrected chi connectivity index (χ1v) is 8.88. The highest BCUT2D eigenvalue weighted by molar-refractivity contribution is 5.80. The van der Waals surface area contributed by atoms with E-state index in [9.17, 15) is 4.79 Å². The van der Waals surface area contributed by atoms with Gasteiger partial charge >= 0.3 is 6.03 Å². The number of rotatable bonds is 7. The van der Waals surface area contributed by atoms with Crippen molar-refractivity contribution in [3.8, 4) is 22.5 Å². The second-order valence-corrected chi connectivity index (χ2v) is 6.04. The van der Waals surface area contributed by atoms with Crippen molar-refractivity contribution in [1.29, 1.82) is 0 Å². The second-order valence-electron chi connectivity index (χ2n) is 6.04. The molecule has 0 unspecified atom stereocenters. The van der Waals surface area contributed by atoms with Gasteiger partial charge in [0.15, 0.2) is 5.82 Å². The summed E-state index contributed by atoms with van der Waals surface area (Å²) in [4.78, 5) is 13.9. The summed E-state index contributed by atoms with van der Waals surface area (Å²) in [6, 6.07) is 16.0. The van der Waals surface area contributed by atoms with E-state index in [0.29, 0.717) is 32.0 Å². The Balaban J connectivity index is 1.81. The molecule has 1 aromatic heterocycles. The fourth-order valence-corrected chi connectivity index (χ4v) is 2.90. The van der Waals surface area contributed by atoms with Crippen LogP contribution in [0.2, 0.25) is 0 Å². The van der Waals surface area contributed by atoms with E-state index >= 15 is 0 Å².